The van der Waals surface area contributed by atoms with Gasteiger partial charge in [0.25, 0.3) is 0 Å². The molecule has 0 radical (unpaired) electrons. The summed E-state index contributed by atoms with van der Waals surface area (Å²) in [6, 6.07) is 3.75. The zero-order chi connectivity index (χ0) is 29.9. The molecule has 5 atom stereocenters. The normalized spacial score (nSPS) is 27.1. The number of hydrogen-bond acceptors (Lipinski definition) is 11. The standard InChI is InChI=1S/C28H39BN4O6S2/c1-15(34)22-18(40-8)10-9-16(23(22)36-25(35)37-26(2,3)4)11-21(41-24-32-31-14-33(24)30)29-38-20-13-17-12-19(27(17,5)6)28(20,7)39-29/h9-10,14,17,19-21H,11-13,30H2,1-8H3/t17?,19?,20?,21-,28-/m0/s1. The first-order valence-corrected chi connectivity index (χ1v) is 16.0. The monoisotopic (exact) mass is 602 g/mol. The largest absolute Gasteiger partial charge is 0.514 e. The molecule has 2 bridgehead atoms. The van der Waals surface area contributed by atoms with E-state index in [1.807, 2.05) is 18.4 Å². The first-order valence-electron chi connectivity index (χ1n) is 13.9. The molecule has 1 saturated heterocycles. The maximum Gasteiger partial charge on any atom is 0.514 e. The molecular formula is C28H39BN4O6S2. The second-order valence-corrected chi connectivity index (χ2v) is 15.0. The van der Waals surface area contributed by atoms with Crippen LogP contribution in [-0.4, -0.2) is 62.6 Å². The van der Waals surface area contributed by atoms with Crippen molar-refractivity contribution in [2.75, 3.05) is 12.1 Å². The molecule has 3 saturated carbocycles. The van der Waals surface area contributed by atoms with Crippen LogP contribution in [0.4, 0.5) is 4.79 Å². The second kappa shape index (κ2) is 10.8. The number of hydrogen-bond donors (Lipinski definition) is 1. The second-order valence-electron chi connectivity index (χ2n) is 13.0. The third-order valence-electron chi connectivity index (χ3n) is 8.84. The van der Waals surface area contributed by atoms with Gasteiger partial charge in [0.1, 0.15) is 17.7 Å². The average Bonchev–Trinajstić information content (AvgIpc) is 3.44. The fraction of sp³-hybridized carbons (Fsp3) is 0.643. The zero-order valence-corrected chi connectivity index (χ0v) is 26.6. The van der Waals surface area contributed by atoms with Crippen molar-refractivity contribution in [3.63, 3.8) is 0 Å². The molecule has 3 unspecified atom stereocenters. The molecule has 10 nitrogen and oxygen atoms in total. The van der Waals surface area contributed by atoms with Crippen LogP contribution in [0.3, 0.4) is 0 Å². The Labute approximate surface area is 250 Å². The van der Waals surface area contributed by atoms with E-state index in [0.717, 1.165) is 12.8 Å². The molecule has 6 rings (SSSR count). The Morgan fingerprint density at radius 1 is 1.27 bits per heavy atom. The van der Waals surface area contributed by atoms with E-state index in [4.69, 9.17) is 24.6 Å². The lowest BCUT2D eigenvalue weighted by Gasteiger charge is -2.64. The summed E-state index contributed by atoms with van der Waals surface area (Å²) in [6.07, 6.45) is 4.84. The van der Waals surface area contributed by atoms with E-state index in [-0.39, 0.29) is 28.2 Å². The van der Waals surface area contributed by atoms with Gasteiger partial charge in [-0.2, -0.15) is 0 Å². The topological polar surface area (TPSA) is 128 Å². The average molecular weight is 603 g/mol. The zero-order valence-electron chi connectivity index (χ0n) is 24.9. The number of nitrogens with two attached hydrogens (primary N) is 1. The quantitative estimate of drug-likeness (QED) is 0.107. The molecule has 1 aliphatic heterocycles. The summed E-state index contributed by atoms with van der Waals surface area (Å²) >= 11 is 2.80. The van der Waals surface area contributed by atoms with E-state index in [1.54, 1.807) is 20.8 Å². The van der Waals surface area contributed by atoms with Crippen LogP contribution in [0.5, 0.6) is 5.75 Å². The van der Waals surface area contributed by atoms with E-state index in [1.165, 1.54) is 41.5 Å². The van der Waals surface area contributed by atoms with Gasteiger partial charge in [-0.3, -0.25) is 4.79 Å². The summed E-state index contributed by atoms with van der Waals surface area (Å²) in [6.45, 7) is 13.6. The highest BCUT2D eigenvalue weighted by Gasteiger charge is 2.68. The molecule has 3 aliphatic carbocycles. The summed E-state index contributed by atoms with van der Waals surface area (Å²) in [7, 11) is -0.586. The Hall–Kier alpha value is -2.22. The van der Waals surface area contributed by atoms with Crippen molar-refractivity contribution in [3.05, 3.63) is 29.6 Å². The van der Waals surface area contributed by atoms with Crippen LogP contribution in [0.15, 0.2) is 28.5 Å². The van der Waals surface area contributed by atoms with Crippen molar-refractivity contribution >= 4 is 42.6 Å². The number of benzene rings is 1. The van der Waals surface area contributed by atoms with Crippen molar-refractivity contribution < 1.29 is 28.4 Å². The van der Waals surface area contributed by atoms with Gasteiger partial charge in [0.15, 0.2) is 5.78 Å². The smallest absolute Gasteiger partial charge is 0.428 e. The van der Waals surface area contributed by atoms with Crippen LogP contribution in [0, 0.1) is 17.3 Å². The van der Waals surface area contributed by atoms with Gasteiger partial charge in [-0.25, -0.2) is 9.47 Å². The molecule has 2 heterocycles. The molecule has 222 valence electrons. The van der Waals surface area contributed by atoms with Gasteiger partial charge >= 0.3 is 13.3 Å². The number of rotatable bonds is 8. The maximum atomic E-state index is 12.9. The highest BCUT2D eigenvalue weighted by atomic mass is 32.2. The van der Waals surface area contributed by atoms with Gasteiger partial charge in [-0.15, -0.1) is 22.0 Å². The predicted octanol–water partition coefficient (Wildman–Crippen LogP) is 5.20. The summed E-state index contributed by atoms with van der Waals surface area (Å²) in [5, 5.41) is 8.27. The number of nitrogen functional groups attached to an aromatic ring is 1. The Bertz CT molecular complexity index is 1350. The van der Waals surface area contributed by atoms with Gasteiger partial charge in [-0.05, 0) is 89.0 Å². The molecule has 1 aromatic carbocycles. The minimum absolute atomic E-state index is 0.0211. The molecule has 41 heavy (non-hydrogen) atoms. The number of ether oxygens (including phenoxy) is 2. The van der Waals surface area contributed by atoms with E-state index < -0.39 is 24.5 Å². The molecule has 1 aromatic heterocycles. The third kappa shape index (κ3) is 5.62. The van der Waals surface area contributed by atoms with Crippen molar-refractivity contribution in [2.24, 2.45) is 17.3 Å². The molecule has 0 amide bonds. The molecule has 2 aromatic rings. The van der Waals surface area contributed by atoms with Gasteiger partial charge in [0.05, 0.1) is 22.4 Å². The fourth-order valence-electron chi connectivity index (χ4n) is 6.66. The number of aromatic nitrogens is 3. The lowest BCUT2D eigenvalue weighted by atomic mass is 9.43. The first-order chi connectivity index (χ1) is 19.1. The first kappa shape index (κ1) is 30.2. The lowest BCUT2D eigenvalue weighted by Crippen LogP contribution is -2.65. The number of carbonyl (C=O) groups excluding carboxylic acids is 2. The SMILES string of the molecule is CSc1ccc(C[C@H](Sc2nncn2N)B2OC3CC4CC(C4(C)C)[C@]3(C)O2)c(OC(=O)OC(C)(C)C)c1C(C)=O. The van der Waals surface area contributed by atoms with Crippen molar-refractivity contribution in [1.29, 1.82) is 0 Å². The van der Waals surface area contributed by atoms with E-state index in [2.05, 4.69) is 31.0 Å². The molecule has 4 aliphatic rings. The lowest BCUT2D eigenvalue weighted by molar-refractivity contribution is -0.199. The Morgan fingerprint density at radius 3 is 2.59 bits per heavy atom. The molecule has 2 N–H and O–H groups in total. The summed E-state index contributed by atoms with van der Waals surface area (Å²) < 4.78 is 26.1. The Balaban J connectivity index is 1.51. The van der Waals surface area contributed by atoms with E-state index in [0.29, 0.717) is 39.4 Å². The van der Waals surface area contributed by atoms with Gasteiger partial charge in [0, 0.05) is 4.90 Å². The molecule has 0 spiro atoms. The van der Waals surface area contributed by atoms with Crippen molar-refractivity contribution in [2.45, 2.75) is 100 Å². The van der Waals surface area contributed by atoms with Gasteiger partial charge < -0.3 is 24.6 Å². The van der Waals surface area contributed by atoms with Crippen LogP contribution < -0.4 is 10.6 Å². The number of Topliss-reactive ketones (excluding diaryl/α,β-unsaturated/α-hetero) is 1. The van der Waals surface area contributed by atoms with Crippen LogP contribution >= 0.6 is 23.5 Å². The summed E-state index contributed by atoms with van der Waals surface area (Å²) in [5.74, 6) is 7.07. The molecule has 4 fully saturated rings. The minimum atomic E-state index is -0.876. The predicted molar refractivity (Wildman–Crippen MR) is 159 cm³/mol. The number of nitrogens with zero attached hydrogens (tertiary/aromatic N) is 3. The summed E-state index contributed by atoms with van der Waals surface area (Å²) in [5.41, 5.74) is 0.00268. The maximum absolute atomic E-state index is 12.9. The summed E-state index contributed by atoms with van der Waals surface area (Å²) in [4.78, 5) is 26.4. The third-order valence-corrected chi connectivity index (χ3v) is 10.8. The van der Waals surface area contributed by atoms with Crippen LogP contribution in [0.1, 0.15) is 77.2 Å². The van der Waals surface area contributed by atoms with E-state index in [9.17, 15) is 9.59 Å². The number of carbonyl (C=O) groups is 2. The highest BCUT2D eigenvalue weighted by molar-refractivity contribution is 8.01. The minimum Gasteiger partial charge on any atom is -0.428 e. The van der Waals surface area contributed by atoms with Gasteiger partial charge in [0.2, 0.25) is 5.16 Å². The number of thioether (sulfide) groups is 2. The fourth-order valence-corrected chi connectivity index (χ4v) is 8.33. The molecular weight excluding hydrogens is 563 g/mol. The van der Waals surface area contributed by atoms with Crippen LogP contribution in [-0.2, 0) is 20.5 Å². The Kier molecular flexibility index (Phi) is 7.97. The van der Waals surface area contributed by atoms with Crippen molar-refractivity contribution in [3.8, 4) is 5.75 Å². The van der Waals surface area contributed by atoms with Crippen LogP contribution in [0.2, 0.25) is 0 Å². The molecule has 13 heteroatoms. The van der Waals surface area contributed by atoms with Gasteiger partial charge in [-0.1, -0.05) is 31.7 Å². The Morgan fingerprint density at radius 2 is 2.00 bits per heavy atom. The van der Waals surface area contributed by atoms with Crippen LogP contribution in [0.25, 0.3) is 0 Å². The van der Waals surface area contributed by atoms with E-state index >= 15 is 0 Å². The number of ketones is 1. The highest BCUT2D eigenvalue weighted by Crippen LogP contribution is 2.66. The van der Waals surface area contributed by atoms with Crippen molar-refractivity contribution in [1.82, 2.24) is 14.9 Å².